The molecule has 0 aliphatic carbocycles. The molecule has 0 unspecified atom stereocenters. The van der Waals surface area contributed by atoms with Crippen molar-refractivity contribution in [3.05, 3.63) is 23.7 Å². The van der Waals surface area contributed by atoms with Gasteiger partial charge in [-0.3, -0.25) is 4.90 Å². The molecule has 0 atom stereocenters. The van der Waals surface area contributed by atoms with Gasteiger partial charge in [0.1, 0.15) is 11.5 Å². The quantitative estimate of drug-likeness (QED) is 0.845. The Labute approximate surface area is 103 Å². The van der Waals surface area contributed by atoms with E-state index in [1.807, 2.05) is 0 Å². The lowest BCUT2D eigenvalue weighted by molar-refractivity contribution is 0.0312. The second kappa shape index (κ2) is 6.19. The Hall–Kier alpha value is -0.840. The van der Waals surface area contributed by atoms with Crippen molar-refractivity contribution < 1.29 is 9.15 Å². The maximum Gasteiger partial charge on any atom is 0.118 e. The zero-order chi connectivity index (χ0) is 12.1. The molecule has 17 heavy (non-hydrogen) atoms. The van der Waals surface area contributed by atoms with Crippen LogP contribution in [0, 0.1) is 0 Å². The maximum absolute atomic E-state index is 5.79. The minimum Gasteiger partial charge on any atom is -0.463 e. The fourth-order valence-electron chi connectivity index (χ4n) is 1.89. The van der Waals surface area contributed by atoms with E-state index >= 15 is 0 Å². The summed E-state index contributed by atoms with van der Waals surface area (Å²) in [6.07, 6.45) is 0. The van der Waals surface area contributed by atoms with Gasteiger partial charge in [-0.15, -0.1) is 0 Å². The highest BCUT2D eigenvalue weighted by atomic mass is 16.5. The average molecular weight is 238 g/mol. The molecular formula is C13H22N2O2. The van der Waals surface area contributed by atoms with E-state index in [1.165, 1.54) is 0 Å². The molecule has 1 N–H and O–H groups in total. The van der Waals surface area contributed by atoms with Crippen molar-refractivity contribution in [1.82, 2.24) is 10.2 Å². The third-order valence-corrected chi connectivity index (χ3v) is 2.88. The molecule has 1 aromatic rings. The molecule has 0 aromatic carbocycles. The molecule has 0 saturated carbocycles. The monoisotopic (exact) mass is 238 g/mol. The third-order valence-electron chi connectivity index (χ3n) is 2.88. The number of ether oxygens (including phenoxy) is 1. The van der Waals surface area contributed by atoms with Crippen LogP contribution in [0.25, 0.3) is 0 Å². The van der Waals surface area contributed by atoms with Crippen LogP contribution in [0.4, 0.5) is 0 Å². The van der Waals surface area contributed by atoms with Gasteiger partial charge >= 0.3 is 0 Å². The van der Waals surface area contributed by atoms with Gasteiger partial charge in [0.25, 0.3) is 0 Å². The average Bonchev–Trinajstić information content (AvgIpc) is 2.75. The maximum atomic E-state index is 5.79. The second-order valence-electron chi connectivity index (χ2n) is 4.79. The second-order valence-corrected chi connectivity index (χ2v) is 4.79. The first kappa shape index (κ1) is 12.6. The molecule has 0 amide bonds. The minimum absolute atomic E-state index is 0.489. The molecule has 1 saturated heterocycles. The fourth-order valence-corrected chi connectivity index (χ4v) is 1.89. The lowest BCUT2D eigenvalue weighted by Crippen LogP contribution is -2.35. The van der Waals surface area contributed by atoms with Crippen LogP contribution in [-0.4, -0.2) is 37.2 Å². The van der Waals surface area contributed by atoms with Gasteiger partial charge < -0.3 is 14.5 Å². The molecule has 2 rings (SSSR count). The number of furan rings is 1. The van der Waals surface area contributed by atoms with Crippen molar-refractivity contribution in [2.75, 3.05) is 26.3 Å². The first-order valence-electron chi connectivity index (χ1n) is 6.35. The van der Waals surface area contributed by atoms with Crippen LogP contribution in [0.1, 0.15) is 25.4 Å². The summed E-state index contributed by atoms with van der Waals surface area (Å²) in [4.78, 5) is 2.36. The number of rotatable bonds is 5. The number of nitrogens with one attached hydrogen (secondary N) is 1. The molecular weight excluding hydrogens is 216 g/mol. The predicted molar refractivity (Wildman–Crippen MR) is 66.8 cm³/mol. The van der Waals surface area contributed by atoms with E-state index in [1.54, 1.807) is 0 Å². The zero-order valence-electron chi connectivity index (χ0n) is 10.7. The number of hydrogen-bond donors (Lipinski definition) is 1. The summed E-state index contributed by atoms with van der Waals surface area (Å²) >= 11 is 0. The van der Waals surface area contributed by atoms with Gasteiger partial charge in [0.15, 0.2) is 0 Å². The molecule has 1 aromatic heterocycles. The highest BCUT2D eigenvalue weighted by molar-refractivity contribution is 5.07. The Morgan fingerprint density at radius 1 is 1.24 bits per heavy atom. The van der Waals surface area contributed by atoms with Crippen molar-refractivity contribution in [2.24, 2.45) is 0 Å². The van der Waals surface area contributed by atoms with Gasteiger partial charge in [-0.2, -0.15) is 0 Å². The van der Waals surface area contributed by atoms with Crippen LogP contribution in [-0.2, 0) is 17.8 Å². The summed E-state index contributed by atoms with van der Waals surface area (Å²) in [7, 11) is 0. The van der Waals surface area contributed by atoms with E-state index in [9.17, 15) is 0 Å². The Kier molecular flexibility index (Phi) is 4.59. The smallest absolute Gasteiger partial charge is 0.118 e. The van der Waals surface area contributed by atoms with E-state index in [0.717, 1.165) is 50.9 Å². The van der Waals surface area contributed by atoms with Gasteiger partial charge in [-0.05, 0) is 12.1 Å². The normalized spacial score (nSPS) is 17.8. The van der Waals surface area contributed by atoms with Gasteiger partial charge in [-0.1, -0.05) is 13.8 Å². The van der Waals surface area contributed by atoms with Crippen molar-refractivity contribution in [3.63, 3.8) is 0 Å². The van der Waals surface area contributed by atoms with Crippen LogP contribution >= 0.6 is 0 Å². The van der Waals surface area contributed by atoms with E-state index in [2.05, 4.69) is 36.2 Å². The first-order valence-corrected chi connectivity index (χ1v) is 6.35. The van der Waals surface area contributed by atoms with Crippen LogP contribution < -0.4 is 5.32 Å². The van der Waals surface area contributed by atoms with Crippen LogP contribution in [0.5, 0.6) is 0 Å². The largest absolute Gasteiger partial charge is 0.463 e. The van der Waals surface area contributed by atoms with Crippen LogP contribution in [0.15, 0.2) is 16.5 Å². The van der Waals surface area contributed by atoms with E-state index in [-0.39, 0.29) is 0 Å². The van der Waals surface area contributed by atoms with Crippen LogP contribution in [0.3, 0.4) is 0 Å². The SMILES string of the molecule is CC(C)NCc1ccc(CN2CCOCC2)o1. The zero-order valence-corrected chi connectivity index (χ0v) is 10.7. The Balaban J connectivity index is 1.80. The molecule has 96 valence electrons. The Morgan fingerprint density at radius 2 is 1.94 bits per heavy atom. The van der Waals surface area contributed by atoms with Gasteiger partial charge in [-0.25, -0.2) is 0 Å². The van der Waals surface area contributed by atoms with Crippen molar-refractivity contribution >= 4 is 0 Å². The summed E-state index contributed by atoms with van der Waals surface area (Å²) in [5, 5.41) is 3.35. The topological polar surface area (TPSA) is 37.6 Å². The molecule has 1 fully saturated rings. The molecule has 0 spiro atoms. The Morgan fingerprint density at radius 3 is 2.65 bits per heavy atom. The molecule has 4 nitrogen and oxygen atoms in total. The predicted octanol–water partition coefficient (Wildman–Crippen LogP) is 1.61. The summed E-state index contributed by atoms with van der Waals surface area (Å²) in [5.74, 6) is 2.06. The summed E-state index contributed by atoms with van der Waals surface area (Å²) < 4.78 is 11.1. The fraction of sp³-hybridized carbons (Fsp3) is 0.692. The van der Waals surface area contributed by atoms with Crippen molar-refractivity contribution in [3.8, 4) is 0 Å². The molecule has 1 aliphatic rings. The lowest BCUT2D eigenvalue weighted by Gasteiger charge is -2.25. The molecule has 0 bridgehead atoms. The van der Waals surface area contributed by atoms with Crippen molar-refractivity contribution in [1.29, 1.82) is 0 Å². The highest BCUT2D eigenvalue weighted by Gasteiger charge is 2.12. The standard InChI is InChI=1S/C13H22N2O2/c1-11(2)14-9-12-3-4-13(17-12)10-15-5-7-16-8-6-15/h3-4,11,14H,5-10H2,1-2H3. The van der Waals surface area contributed by atoms with Crippen LogP contribution in [0.2, 0.25) is 0 Å². The lowest BCUT2D eigenvalue weighted by atomic mass is 10.3. The van der Waals surface area contributed by atoms with Gasteiger partial charge in [0.05, 0.1) is 26.3 Å². The highest BCUT2D eigenvalue weighted by Crippen LogP contribution is 2.11. The molecule has 2 heterocycles. The number of nitrogens with zero attached hydrogens (tertiary/aromatic N) is 1. The summed E-state index contributed by atoms with van der Waals surface area (Å²) in [6, 6.07) is 4.63. The third kappa shape index (κ3) is 4.15. The van der Waals surface area contributed by atoms with Gasteiger partial charge in [0, 0.05) is 19.1 Å². The van der Waals surface area contributed by atoms with Gasteiger partial charge in [0.2, 0.25) is 0 Å². The van der Waals surface area contributed by atoms with E-state index in [4.69, 9.17) is 9.15 Å². The van der Waals surface area contributed by atoms with E-state index in [0.29, 0.717) is 6.04 Å². The minimum atomic E-state index is 0.489. The molecule has 4 heteroatoms. The number of morpholine rings is 1. The summed E-state index contributed by atoms with van der Waals surface area (Å²) in [5.41, 5.74) is 0. The Bertz CT molecular complexity index is 330. The molecule has 0 radical (unpaired) electrons. The first-order chi connectivity index (χ1) is 8.24. The van der Waals surface area contributed by atoms with Crippen molar-refractivity contribution in [2.45, 2.75) is 33.0 Å². The van der Waals surface area contributed by atoms with E-state index < -0.39 is 0 Å². The summed E-state index contributed by atoms with van der Waals surface area (Å²) in [6.45, 7) is 9.65. The number of hydrogen-bond acceptors (Lipinski definition) is 4. The molecule has 1 aliphatic heterocycles.